The van der Waals surface area contributed by atoms with Gasteiger partial charge in [0.05, 0.1) is 11.3 Å². The number of carbonyl (C=O) groups excluding carboxylic acids is 2. The molecule has 0 spiro atoms. The Bertz CT molecular complexity index is 1130. The van der Waals surface area contributed by atoms with Gasteiger partial charge in [0.25, 0.3) is 0 Å². The number of fused-ring (bicyclic) bond motifs is 2. The number of alkyl halides is 3. The molecule has 2 heterocycles. The fourth-order valence-electron chi connectivity index (χ4n) is 3.27. The van der Waals surface area contributed by atoms with E-state index in [2.05, 4.69) is 4.98 Å². The van der Waals surface area contributed by atoms with Crippen molar-refractivity contribution in [2.75, 3.05) is 13.2 Å². The third kappa shape index (κ3) is 3.51. The lowest BCUT2D eigenvalue weighted by molar-refractivity contribution is -0.304. The summed E-state index contributed by atoms with van der Waals surface area (Å²) in [6.07, 6.45) is -5.32. The molecular formula is C20H13F3NO5-. The van der Waals surface area contributed by atoms with Gasteiger partial charge in [-0.1, -0.05) is 0 Å². The maximum Gasteiger partial charge on any atom is 0.416 e. The first-order valence-electron chi connectivity index (χ1n) is 8.60. The Balaban J connectivity index is 1.83. The lowest BCUT2D eigenvalue weighted by Crippen LogP contribution is -2.25. The maximum absolute atomic E-state index is 13.1. The topological polar surface area (TPSA) is 91.4 Å². The van der Waals surface area contributed by atoms with E-state index in [9.17, 15) is 27.9 Å². The number of aromatic nitrogens is 1. The van der Waals surface area contributed by atoms with Crippen molar-refractivity contribution in [3.05, 3.63) is 58.8 Å². The van der Waals surface area contributed by atoms with E-state index in [1.807, 2.05) is 0 Å². The number of carboxylic acids is 1. The highest BCUT2D eigenvalue weighted by molar-refractivity contribution is 6.12. The Morgan fingerprint density at radius 1 is 1.03 bits per heavy atom. The summed E-state index contributed by atoms with van der Waals surface area (Å²) in [5, 5.41) is 11.2. The van der Waals surface area contributed by atoms with E-state index in [1.165, 1.54) is 12.1 Å². The Morgan fingerprint density at radius 3 is 2.45 bits per heavy atom. The van der Waals surface area contributed by atoms with Gasteiger partial charge in [0, 0.05) is 28.9 Å². The number of carboxylic acid groups (broad SMARTS) is 1. The van der Waals surface area contributed by atoms with Crippen LogP contribution in [0.15, 0.2) is 36.4 Å². The molecule has 29 heavy (non-hydrogen) atoms. The summed E-state index contributed by atoms with van der Waals surface area (Å²) in [4.78, 5) is 27.0. The molecule has 1 N–H and O–H groups in total. The molecule has 0 saturated carbocycles. The van der Waals surface area contributed by atoms with Crippen molar-refractivity contribution in [3.63, 3.8) is 0 Å². The predicted molar refractivity (Wildman–Crippen MR) is 92.9 cm³/mol. The number of aliphatic carboxylic acids is 1. The lowest BCUT2D eigenvalue weighted by Gasteiger charge is -2.18. The van der Waals surface area contributed by atoms with Gasteiger partial charge in [-0.2, -0.15) is 13.2 Å². The first-order valence-corrected chi connectivity index (χ1v) is 8.60. The summed E-state index contributed by atoms with van der Waals surface area (Å²) in [5.74, 6) is -1.27. The van der Waals surface area contributed by atoms with E-state index in [-0.39, 0.29) is 27.7 Å². The zero-order chi connectivity index (χ0) is 20.8. The van der Waals surface area contributed by atoms with Gasteiger partial charge in [-0.15, -0.1) is 0 Å². The van der Waals surface area contributed by atoms with Crippen molar-refractivity contribution in [2.45, 2.75) is 12.6 Å². The van der Waals surface area contributed by atoms with Gasteiger partial charge in [-0.05, 0) is 42.0 Å². The first kappa shape index (κ1) is 18.9. The van der Waals surface area contributed by atoms with Crippen LogP contribution in [0.2, 0.25) is 0 Å². The van der Waals surface area contributed by atoms with Gasteiger partial charge in [-0.3, -0.25) is 4.79 Å². The Morgan fingerprint density at radius 2 is 1.76 bits per heavy atom. The van der Waals surface area contributed by atoms with Crippen LogP contribution >= 0.6 is 0 Å². The molecule has 4 rings (SSSR count). The molecule has 150 valence electrons. The normalized spacial score (nSPS) is 13.5. The number of ketones is 1. The van der Waals surface area contributed by atoms with Crippen LogP contribution in [0.25, 0.3) is 10.9 Å². The second-order valence-electron chi connectivity index (χ2n) is 6.47. The molecule has 1 aliphatic rings. The number of ether oxygens (including phenoxy) is 2. The number of carbonyl (C=O) groups is 2. The molecule has 0 atom stereocenters. The van der Waals surface area contributed by atoms with Crippen molar-refractivity contribution in [1.29, 1.82) is 0 Å². The molecule has 0 amide bonds. The number of rotatable bonds is 4. The second kappa shape index (κ2) is 6.84. The van der Waals surface area contributed by atoms with Crippen molar-refractivity contribution in [1.82, 2.24) is 4.98 Å². The zero-order valence-electron chi connectivity index (χ0n) is 14.8. The molecular weight excluding hydrogens is 391 g/mol. The number of hydrogen-bond donors (Lipinski definition) is 1. The number of hydrogen-bond acceptors (Lipinski definition) is 5. The quantitative estimate of drug-likeness (QED) is 0.675. The van der Waals surface area contributed by atoms with Crippen LogP contribution in [0.4, 0.5) is 13.2 Å². The molecule has 0 fully saturated rings. The van der Waals surface area contributed by atoms with Gasteiger partial charge in [0.15, 0.2) is 11.5 Å². The minimum absolute atomic E-state index is 0.00455. The van der Waals surface area contributed by atoms with Crippen LogP contribution in [0.5, 0.6) is 11.5 Å². The third-order valence-electron chi connectivity index (χ3n) is 4.59. The first-order chi connectivity index (χ1) is 13.7. The standard InChI is InChI=1S/C20H14F3NO5/c21-20(22,23)11-2-3-14-12(8-11)13(9-17(25)26)18(24-14)19(27)10-1-4-15-16(7-10)29-6-5-28-15/h1-4,7-8,24H,5-6,9H2,(H,25,26)/p-1. The third-order valence-corrected chi connectivity index (χ3v) is 4.59. The molecule has 0 radical (unpaired) electrons. The monoisotopic (exact) mass is 404 g/mol. The molecule has 1 aliphatic heterocycles. The van der Waals surface area contributed by atoms with E-state index < -0.39 is 29.9 Å². The van der Waals surface area contributed by atoms with E-state index in [1.54, 1.807) is 6.07 Å². The van der Waals surface area contributed by atoms with Crippen LogP contribution in [0.1, 0.15) is 27.2 Å². The van der Waals surface area contributed by atoms with Crippen molar-refractivity contribution >= 4 is 22.7 Å². The van der Waals surface area contributed by atoms with E-state index in [0.717, 1.165) is 18.2 Å². The summed E-state index contributed by atoms with van der Waals surface area (Å²) in [6.45, 7) is 0.687. The van der Waals surface area contributed by atoms with Crippen LogP contribution in [0.3, 0.4) is 0 Å². The summed E-state index contributed by atoms with van der Waals surface area (Å²) in [6, 6.07) is 7.32. The molecule has 0 bridgehead atoms. The van der Waals surface area contributed by atoms with Gasteiger partial charge in [-0.25, -0.2) is 0 Å². The van der Waals surface area contributed by atoms with Crippen LogP contribution < -0.4 is 14.6 Å². The highest BCUT2D eigenvalue weighted by atomic mass is 19.4. The molecule has 3 aromatic rings. The Labute approximate surface area is 161 Å². The lowest BCUT2D eigenvalue weighted by atomic mass is 10.00. The largest absolute Gasteiger partial charge is 0.550 e. The van der Waals surface area contributed by atoms with Crippen LogP contribution in [0, 0.1) is 0 Å². The van der Waals surface area contributed by atoms with E-state index in [0.29, 0.717) is 24.7 Å². The highest BCUT2D eigenvalue weighted by Gasteiger charge is 2.31. The van der Waals surface area contributed by atoms with Crippen molar-refractivity contribution < 1.29 is 37.3 Å². The highest BCUT2D eigenvalue weighted by Crippen LogP contribution is 2.35. The average Bonchev–Trinajstić information content (AvgIpc) is 3.03. The number of H-pyrrole nitrogens is 1. The number of benzene rings is 2. The molecule has 9 heteroatoms. The second-order valence-corrected chi connectivity index (χ2v) is 6.47. The fraction of sp³-hybridized carbons (Fsp3) is 0.200. The zero-order valence-corrected chi connectivity index (χ0v) is 14.8. The minimum atomic E-state index is -4.61. The molecule has 0 aliphatic carbocycles. The number of aromatic amines is 1. The smallest absolute Gasteiger partial charge is 0.416 e. The van der Waals surface area contributed by atoms with Crippen LogP contribution in [-0.4, -0.2) is 30.0 Å². The molecule has 0 unspecified atom stereocenters. The van der Waals surface area contributed by atoms with Gasteiger partial charge >= 0.3 is 6.18 Å². The maximum atomic E-state index is 13.1. The summed E-state index contributed by atoms with van der Waals surface area (Å²) >= 11 is 0. The minimum Gasteiger partial charge on any atom is -0.550 e. The summed E-state index contributed by atoms with van der Waals surface area (Å²) < 4.78 is 50.0. The molecule has 0 saturated heterocycles. The fourth-order valence-corrected chi connectivity index (χ4v) is 3.27. The van der Waals surface area contributed by atoms with E-state index in [4.69, 9.17) is 9.47 Å². The SMILES string of the molecule is O=C([O-])Cc1c(C(=O)c2ccc3c(c2)OCCO3)[nH]c2ccc(C(F)(F)F)cc12. The van der Waals surface area contributed by atoms with Crippen molar-refractivity contribution in [3.8, 4) is 11.5 Å². The Kier molecular flexibility index (Phi) is 4.45. The van der Waals surface area contributed by atoms with Gasteiger partial charge in [0.2, 0.25) is 5.78 Å². The predicted octanol–water partition coefficient (Wildman–Crippen LogP) is 2.48. The molecule has 2 aromatic carbocycles. The summed E-state index contributed by atoms with van der Waals surface area (Å²) in [7, 11) is 0. The number of nitrogens with one attached hydrogen (secondary N) is 1. The molecule has 1 aromatic heterocycles. The number of halogens is 3. The molecule has 6 nitrogen and oxygen atoms in total. The Hall–Kier alpha value is -3.49. The van der Waals surface area contributed by atoms with Gasteiger partial charge < -0.3 is 24.4 Å². The van der Waals surface area contributed by atoms with Crippen LogP contribution in [-0.2, 0) is 17.4 Å². The summed E-state index contributed by atoms with van der Waals surface area (Å²) in [5.41, 5.74) is -0.722. The van der Waals surface area contributed by atoms with Gasteiger partial charge in [0.1, 0.15) is 13.2 Å². The average molecular weight is 404 g/mol. The van der Waals surface area contributed by atoms with E-state index >= 15 is 0 Å². The van der Waals surface area contributed by atoms with Crippen molar-refractivity contribution in [2.24, 2.45) is 0 Å².